The number of non-ortho nitro benzene ring substituents is 1. The molecule has 0 aliphatic carbocycles. The number of nitro benzene ring substituents is 1. The van der Waals surface area contributed by atoms with Crippen LogP contribution in [0.25, 0.3) is 0 Å². The number of hydrogen-bond acceptors (Lipinski definition) is 4. The lowest BCUT2D eigenvalue weighted by Gasteiger charge is -2.07. The van der Waals surface area contributed by atoms with Crippen molar-refractivity contribution in [3.05, 3.63) is 33.3 Å². The summed E-state index contributed by atoms with van der Waals surface area (Å²) in [5.74, 6) is 0. The summed E-state index contributed by atoms with van der Waals surface area (Å²) in [6.07, 6.45) is 2.65. The summed E-state index contributed by atoms with van der Waals surface area (Å²) in [5, 5.41) is 22.6. The Labute approximate surface area is 105 Å². The maximum atomic E-state index is 10.5. The fourth-order valence-electron chi connectivity index (χ4n) is 1.40. The van der Waals surface area contributed by atoms with Gasteiger partial charge < -0.3 is 10.4 Å². The van der Waals surface area contributed by atoms with Gasteiger partial charge in [-0.05, 0) is 25.3 Å². The molecule has 0 atom stereocenters. The Morgan fingerprint density at radius 1 is 1.35 bits per heavy atom. The number of anilines is 1. The van der Waals surface area contributed by atoms with Crippen LogP contribution in [0.5, 0.6) is 0 Å². The van der Waals surface area contributed by atoms with Gasteiger partial charge in [0.1, 0.15) is 0 Å². The zero-order chi connectivity index (χ0) is 12.7. The molecule has 17 heavy (non-hydrogen) atoms. The van der Waals surface area contributed by atoms with Crippen LogP contribution in [-0.4, -0.2) is 23.2 Å². The van der Waals surface area contributed by atoms with E-state index < -0.39 is 4.92 Å². The van der Waals surface area contributed by atoms with Gasteiger partial charge in [-0.2, -0.15) is 0 Å². The highest BCUT2D eigenvalue weighted by Gasteiger charge is 2.08. The van der Waals surface area contributed by atoms with Crippen molar-refractivity contribution in [3.8, 4) is 0 Å². The van der Waals surface area contributed by atoms with E-state index in [0.717, 1.165) is 25.8 Å². The van der Waals surface area contributed by atoms with Gasteiger partial charge in [-0.25, -0.2) is 0 Å². The third kappa shape index (κ3) is 4.58. The maximum absolute atomic E-state index is 10.5. The molecule has 94 valence electrons. The van der Waals surface area contributed by atoms with Crippen LogP contribution in [0, 0.1) is 10.1 Å². The molecule has 0 aliphatic heterocycles. The van der Waals surface area contributed by atoms with Gasteiger partial charge in [0.2, 0.25) is 0 Å². The van der Waals surface area contributed by atoms with E-state index in [4.69, 9.17) is 16.7 Å². The van der Waals surface area contributed by atoms with Crippen LogP contribution in [0.3, 0.4) is 0 Å². The molecule has 5 nitrogen and oxygen atoms in total. The molecule has 0 saturated carbocycles. The van der Waals surface area contributed by atoms with Crippen molar-refractivity contribution in [2.24, 2.45) is 0 Å². The third-order valence-electron chi connectivity index (χ3n) is 2.31. The number of nitrogens with one attached hydrogen (secondary N) is 1. The van der Waals surface area contributed by atoms with Crippen LogP contribution in [0.15, 0.2) is 18.2 Å². The Bertz CT molecular complexity index is 385. The lowest BCUT2D eigenvalue weighted by molar-refractivity contribution is -0.384. The van der Waals surface area contributed by atoms with Crippen LogP contribution in [-0.2, 0) is 0 Å². The predicted octanol–water partition coefficient (Wildman–Crippen LogP) is 2.82. The van der Waals surface area contributed by atoms with Gasteiger partial charge in [-0.1, -0.05) is 11.6 Å². The Morgan fingerprint density at radius 2 is 2.12 bits per heavy atom. The first kappa shape index (κ1) is 13.7. The summed E-state index contributed by atoms with van der Waals surface area (Å²) in [4.78, 5) is 10.0. The van der Waals surface area contributed by atoms with Crippen LogP contribution in [0.4, 0.5) is 11.4 Å². The molecule has 1 aromatic carbocycles. The standard InChI is InChI=1S/C11H15ClN2O3/c12-10-8-9(14(16)17)4-5-11(10)13-6-2-1-3-7-15/h4-5,8,13,15H,1-3,6-7H2. The first-order valence-corrected chi connectivity index (χ1v) is 5.81. The van der Waals surface area contributed by atoms with E-state index >= 15 is 0 Å². The fraction of sp³-hybridized carbons (Fsp3) is 0.455. The molecular weight excluding hydrogens is 244 g/mol. The number of nitrogens with zero attached hydrogens (tertiary/aromatic N) is 1. The Kier molecular flexibility index (Phi) is 5.72. The van der Waals surface area contributed by atoms with Gasteiger partial charge in [-0.15, -0.1) is 0 Å². The number of aliphatic hydroxyl groups is 1. The average Bonchev–Trinajstić information content (AvgIpc) is 2.30. The molecule has 0 saturated heterocycles. The summed E-state index contributed by atoms with van der Waals surface area (Å²) < 4.78 is 0. The molecule has 0 bridgehead atoms. The molecule has 0 aromatic heterocycles. The second-order valence-electron chi connectivity index (χ2n) is 3.63. The minimum atomic E-state index is -0.475. The lowest BCUT2D eigenvalue weighted by atomic mass is 10.2. The number of hydrogen-bond donors (Lipinski definition) is 2. The van der Waals surface area contributed by atoms with Crippen LogP contribution in [0.2, 0.25) is 5.02 Å². The summed E-state index contributed by atoms with van der Waals surface area (Å²) in [6.45, 7) is 0.940. The molecule has 0 heterocycles. The molecule has 0 radical (unpaired) electrons. The summed E-state index contributed by atoms with van der Waals surface area (Å²) in [5.41, 5.74) is 0.682. The minimum absolute atomic E-state index is 0.0131. The smallest absolute Gasteiger partial charge is 0.271 e. The molecule has 0 fully saturated rings. The van der Waals surface area contributed by atoms with Gasteiger partial charge >= 0.3 is 0 Å². The largest absolute Gasteiger partial charge is 0.396 e. The first-order valence-electron chi connectivity index (χ1n) is 5.44. The van der Waals surface area contributed by atoms with Gasteiger partial charge in [0.25, 0.3) is 5.69 Å². The number of unbranched alkanes of at least 4 members (excludes halogenated alkanes) is 2. The van der Waals surface area contributed by atoms with E-state index in [1.807, 2.05) is 0 Å². The van der Waals surface area contributed by atoms with Crippen molar-refractivity contribution in [1.82, 2.24) is 0 Å². The number of rotatable bonds is 7. The second-order valence-corrected chi connectivity index (χ2v) is 4.04. The molecular formula is C11H15ClN2O3. The van der Waals surface area contributed by atoms with Crippen molar-refractivity contribution in [1.29, 1.82) is 0 Å². The minimum Gasteiger partial charge on any atom is -0.396 e. The molecule has 6 heteroatoms. The van der Waals surface area contributed by atoms with Gasteiger partial charge in [0.05, 0.1) is 15.6 Å². The number of nitro groups is 1. The molecule has 0 aliphatic rings. The average molecular weight is 259 g/mol. The topological polar surface area (TPSA) is 75.4 Å². The van der Waals surface area contributed by atoms with Gasteiger partial charge in [-0.3, -0.25) is 10.1 Å². The Morgan fingerprint density at radius 3 is 2.71 bits per heavy atom. The van der Waals surface area contributed by atoms with Crippen LogP contribution >= 0.6 is 11.6 Å². The highest BCUT2D eigenvalue weighted by atomic mass is 35.5. The zero-order valence-corrected chi connectivity index (χ0v) is 10.1. The van der Waals surface area contributed by atoms with Crippen molar-refractivity contribution < 1.29 is 10.0 Å². The highest BCUT2D eigenvalue weighted by Crippen LogP contribution is 2.26. The SMILES string of the molecule is O=[N+]([O-])c1ccc(NCCCCCO)c(Cl)c1. The predicted molar refractivity (Wildman–Crippen MR) is 67.5 cm³/mol. The zero-order valence-electron chi connectivity index (χ0n) is 9.36. The molecule has 0 amide bonds. The molecule has 1 aromatic rings. The molecule has 0 spiro atoms. The molecule has 2 N–H and O–H groups in total. The van der Waals surface area contributed by atoms with Crippen LogP contribution in [0.1, 0.15) is 19.3 Å². The monoisotopic (exact) mass is 258 g/mol. The van der Waals surface area contributed by atoms with E-state index in [1.54, 1.807) is 6.07 Å². The fourth-order valence-corrected chi connectivity index (χ4v) is 1.64. The Balaban J connectivity index is 2.46. The number of halogens is 1. The van der Waals surface area contributed by atoms with E-state index in [2.05, 4.69) is 5.32 Å². The van der Waals surface area contributed by atoms with E-state index in [0.29, 0.717) is 10.7 Å². The third-order valence-corrected chi connectivity index (χ3v) is 2.63. The quantitative estimate of drug-likeness (QED) is 0.448. The van der Waals surface area contributed by atoms with Crippen molar-refractivity contribution in [3.63, 3.8) is 0 Å². The van der Waals surface area contributed by atoms with E-state index in [9.17, 15) is 10.1 Å². The number of aliphatic hydroxyl groups excluding tert-OH is 1. The summed E-state index contributed by atoms with van der Waals surface area (Å²) in [6, 6.07) is 4.35. The van der Waals surface area contributed by atoms with Gasteiger partial charge in [0.15, 0.2) is 0 Å². The summed E-state index contributed by atoms with van der Waals surface area (Å²) >= 11 is 5.91. The highest BCUT2D eigenvalue weighted by molar-refractivity contribution is 6.33. The molecule has 0 unspecified atom stereocenters. The second kappa shape index (κ2) is 7.09. The first-order chi connectivity index (χ1) is 8.15. The van der Waals surface area contributed by atoms with E-state index in [-0.39, 0.29) is 12.3 Å². The molecule has 1 rings (SSSR count). The van der Waals surface area contributed by atoms with E-state index in [1.165, 1.54) is 12.1 Å². The van der Waals surface area contributed by atoms with Gasteiger partial charge in [0, 0.05) is 25.3 Å². The normalized spacial score (nSPS) is 10.2. The number of benzene rings is 1. The summed E-state index contributed by atoms with van der Waals surface area (Å²) in [7, 11) is 0. The lowest BCUT2D eigenvalue weighted by Crippen LogP contribution is -2.02. The Hall–Kier alpha value is -1.33. The maximum Gasteiger partial charge on any atom is 0.271 e. The van der Waals surface area contributed by atoms with Crippen molar-refractivity contribution >= 4 is 23.0 Å². The van der Waals surface area contributed by atoms with Crippen LogP contribution < -0.4 is 5.32 Å². The van der Waals surface area contributed by atoms with Crippen molar-refractivity contribution in [2.75, 3.05) is 18.5 Å². The van der Waals surface area contributed by atoms with Crippen molar-refractivity contribution in [2.45, 2.75) is 19.3 Å².